The summed E-state index contributed by atoms with van der Waals surface area (Å²) in [4.78, 5) is 9.01. The maximum Gasteiger partial charge on any atom is 0.243 e. The van der Waals surface area contributed by atoms with Gasteiger partial charge in [0.05, 0.1) is 23.3 Å². The lowest BCUT2D eigenvalue weighted by molar-refractivity contribution is 0.0321. The average Bonchev–Trinajstić information content (AvgIpc) is 3.02. The molecule has 126 valence electrons. The molecule has 0 spiro atoms. The molecular formula is C18H16N4O3. The zero-order chi connectivity index (χ0) is 17.2. The minimum Gasteiger partial charge on any atom is -0.463 e. The number of aromatic nitrogens is 2. The van der Waals surface area contributed by atoms with E-state index in [-0.39, 0.29) is 0 Å². The van der Waals surface area contributed by atoms with E-state index < -0.39 is 18.8 Å². The molecule has 3 N–H and O–H groups in total. The first kappa shape index (κ1) is 15.5. The Morgan fingerprint density at radius 3 is 2.44 bits per heavy atom. The Hall–Kier alpha value is -3.03. The summed E-state index contributed by atoms with van der Waals surface area (Å²) in [5.41, 5.74) is 5.97. The van der Waals surface area contributed by atoms with E-state index in [4.69, 9.17) is 4.74 Å². The molecule has 0 aliphatic carbocycles. The van der Waals surface area contributed by atoms with E-state index in [0.717, 1.165) is 5.69 Å². The standard InChI is InChI=1S/C18H16N4O3/c23-10-14(24)17-15(22-21-11-6-2-1-3-7-11)16-18(25-17)20-13-9-5-4-8-12(13)19-16/h1-9,14,17,21,23-24H,10H2/b22-15-. The number of benzene rings is 2. The van der Waals surface area contributed by atoms with Gasteiger partial charge >= 0.3 is 0 Å². The Morgan fingerprint density at radius 2 is 1.72 bits per heavy atom. The van der Waals surface area contributed by atoms with Crippen LogP contribution in [-0.4, -0.2) is 44.7 Å². The lowest BCUT2D eigenvalue weighted by Crippen LogP contribution is -2.38. The molecule has 0 fully saturated rings. The number of fused-ring (bicyclic) bond motifs is 2. The van der Waals surface area contributed by atoms with Crippen LogP contribution in [0.5, 0.6) is 5.88 Å². The number of nitrogens with zero attached hydrogens (tertiary/aromatic N) is 3. The third kappa shape index (κ3) is 2.90. The van der Waals surface area contributed by atoms with Crippen LogP contribution >= 0.6 is 0 Å². The lowest BCUT2D eigenvalue weighted by Gasteiger charge is -2.15. The number of rotatable bonds is 4. The van der Waals surface area contributed by atoms with Gasteiger partial charge in [-0.3, -0.25) is 5.43 Å². The van der Waals surface area contributed by atoms with E-state index in [0.29, 0.717) is 28.3 Å². The molecule has 4 rings (SSSR count). The van der Waals surface area contributed by atoms with Crippen LogP contribution in [0.25, 0.3) is 11.0 Å². The highest BCUT2D eigenvalue weighted by Crippen LogP contribution is 2.29. The number of anilines is 1. The second-order valence-electron chi connectivity index (χ2n) is 5.63. The van der Waals surface area contributed by atoms with Crippen LogP contribution in [0, 0.1) is 0 Å². The fourth-order valence-corrected chi connectivity index (χ4v) is 2.65. The second-order valence-corrected chi connectivity index (χ2v) is 5.63. The molecule has 3 aromatic rings. The average molecular weight is 336 g/mol. The van der Waals surface area contributed by atoms with Crippen molar-refractivity contribution in [3.8, 4) is 5.88 Å². The molecule has 0 bridgehead atoms. The van der Waals surface area contributed by atoms with Crippen molar-refractivity contribution in [2.45, 2.75) is 12.2 Å². The molecule has 25 heavy (non-hydrogen) atoms. The Morgan fingerprint density at radius 1 is 1.04 bits per heavy atom. The molecule has 0 amide bonds. The first-order valence-electron chi connectivity index (χ1n) is 7.87. The van der Waals surface area contributed by atoms with E-state index in [2.05, 4.69) is 20.5 Å². The molecular weight excluding hydrogens is 320 g/mol. The number of nitrogens with one attached hydrogen (secondary N) is 1. The lowest BCUT2D eigenvalue weighted by atomic mass is 10.1. The van der Waals surface area contributed by atoms with Crippen LogP contribution in [0.15, 0.2) is 59.7 Å². The summed E-state index contributed by atoms with van der Waals surface area (Å²) in [7, 11) is 0. The maximum absolute atomic E-state index is 10.1. The van der Waals surface area contributed by atoms with Gasteiger partial charge in [-0.15, -0.1) is 0 Å². The first-order valence-corrected chi connectivity index (χ1v) is 7.87. The molecule has 7 heteroatoms. The molecule has 2 aromatic carbocycles. The van der Waals surface area contributed by atoms with Gasteiger partial charge in [-0.2, -0.15) is 5.10 Å². The SMILES string of the molecule is OCC(O)C1Oc2nc3ccccc3nc2/C1=N/Nc1ccccc1. The van der Waals surface area contributed by atoms with Crippen molar-refractivity contribution in [1.29, 1.82) is 0 Å². The van der Waals surface area contributed by atoms with Crippen molar-refractivity contribution in [2.24, 2.45) is 5.10 Å². The van der Waals surface area contributed by atoms with Crippen LogP contribution in [-0.2, 0) is 0 Å². The summed E-state index contributed by atoms with van der Waals surface area (Å²) in [6, 6.07) is 16.8. The molecule has 1 aliphatic rings. The minimum absolute atomic E-state index is 0.296. The summed E-state index contributed by atoms with van der Waals surface area (Å²) in [5.74, 6) is 0.296. The summed E-state index contributed by atoms with van der Waals surface area (Å²) in [6.45, 7) is -0.456. The Kier molecular flexibility index (Phi) is 4.01. The number of hydrazone groups is 1. The van der Waals surface area contributed by atoms with Crippen LogP contribution in [0.1, 0.15) is 5.69 Å². The van der Waals surface area contributed by atoms with Gasteiger partial charge in [-0.05, 0) is 24.3 Å². The van der Waals surface area contributed by atoms with Crippen molar-refractivity contribution < 1.29 is 14.9 Å². The van der Waals surface area contributed by atoms with Gasteiger partial charge in [0, 0.05) is 0 Å². The summed E-state index contributed by atoms with van der Waals surface area (Å²) in [6.07, 6.45) is -1.97. The number of para-hydroxylation sites is 3. The Bertz CT molecular complexity index is 930. The number of hydrogen-bond donors (Lipinski definition) is 3. The van der Waals surface area contributed by atoms with Crippen molar-refractivity contribution in [2.75, 3.05) is 12.0 Å². The van der Waals surface area contributed by atoms with Crippen molar-refractivity contribution in [3.05, 3.63) is 60.3 Å². The molecule has 0 saturated heterocycles. The summed E-state index contributed by atoms with van der Waals surface area (Å²) < 4.78 is 5.71. The van der Waals surface area contributed by atoms with Gasteiger partial charge in [-0.25, -0.2) is 9.97 Å². The first-order chi connectivity index (χ1) is 12.3. The van der Waals surface area contributed by atoms with Gasteiger partial charge in [-0.1, -0.05) is 30.3 Å². The largest absolute Gasteiger partial charge is 0.463 e. The highest BCUT2D eigenvalue weighted by molar-refractivity contribution is 6.08. The van der Waals surface area contributed by atoms with Gasteiger partial charge in [0.25, 0.3) is 0 Å². The Labute approximate surface area is 143 Å². The van der Waals surface area contributed by atoms with E-state index >= 15 is 0 Å². The number of ether oxygens (including phenoxy) is 1. The fraction of sp³-hybridized carbons (Fsp3) is 0.167. The molecule has 0 saturated carbocycles. The van der Waals surface area contributed by atoms with Crippen LogP contribution in [0.4, 0.5) is 5.69 Å². The topological polar surface area (TPSA) is 99.9 Å². The van der Waals surface area contributed by atoms with E-state index in [1.807, 2.05) is 54.6 Å². The monoisotopic (exact) mass is 336 g/mol. The van der Waals surface area contributed by atoms with Gasteiger partial charge in [0.2, 0.25) is 5.88 Å². The summed E-state index contributed by atoms with van der Waals surface area (Å²) in [5, 5.41) is 23.8. The normalized spacial score (nSPS) is 18.8. The second kappa shape index (κ2) is 6.46. The third-order valence-corrected chi connectivity index (χ3v) is 3.91. The number of aliphatic hydroxyl groups excluding tert-OH is 2. The molecule has 1 aliphatic heterocycles. The predicted molar refractivity (Wildman–Crippen MR) is 93.6 cm³/mol. The molecule has 2 heterocycles. The number of hydrogen-bond acceptors (Lipinski definition) is 7. The zero-order valence-electron chi connectivity index (χ0n) is 13.2. The molecule has 2 unspecified atom stereocenters. The quantitative estimate of drug-likeness (QED) is 0.625. The summed E-state index contributed by atoms with van der Waals surface area (Å²) >= 11 is 0. The Balaban J connectivity index is 1.77. The predicted octanol–water partition coefficient (Wildman–Crippen LogP) is 1.56. The molecule has 2 atom stereocenters. The zero-order valence-corrected chi connectivity index (χ0v) is 13.2. The number of aliphatic hydroxyl groups is 2. The van der Waals surface area contributed by atoms with Gasteiger partial charge in [0.15, 0.2) is 11.8 Å². The third-order valence-electron chi connectivity index (χ3n) is 3.91. The van der Waals surface area contributed by atoms with E-state index in [9.17, 15) is 10.2 Å². The van der Waals surface area contributed by atoms with Crippen LogP contribution in [0.2, 0.25) is 0 Å². The van der Waals surface area contributed by atoms with E-state index in [1.165, 1.54) is 0 Å². The smallest absolute Gasteiger partial charge is 0.243 e. The highest BCUT2D eigenvalue weighted by Gasteiger charge is 2.38. The van der Waals surface area contributed by atoms with Crippen molar-refractivity contribution in [1.82, 2.24) is 9.97 Å². The van der Waals surface area contributed by atoms with Crippen LogP contribution < -0.4 is 10.2 Å². The van der Waals surface area contributed by atoms with Crippen LogP contribution in [0.3, 0.4) is 0 Å². The minimum atomic E-state index is -1.13. The maximum atomic E-state index is 10.1. The molecule has 1 aromatic heterocycles. The van der Waals surface area contributed by atoms with Gasteiger partial charge < -0.3 is 14.9 Å². The molecule has 0 radical (unpaired) electrons. The van der Waals surface area contributed by atoms with E-state index in [1.54, 1.807) is 0 Å². The highest BCUT2D eigenvalue weighted by atomic mass is 16.5. The molecule has 7 nitrogen and oxygen atoms in total. The van der Waals surface area contributed by atoms with Gasteiger partial charge in [0.1, 0.15) is 11.8 Å². The van der Waals surface area contributed by atoms with Crippen molar-refractivity contribution in [3.63, 3.8) is 0 Å². The van der Waals surface area contributed by atoms with Crippen molar-refractivity contribution >= 4 is 22.4 Å². The fourth-order valence-electron chi connectivity index (χ4n) is 2.65.